The number of anilines is 1. The van der Waals surface area contributed by atoms with Crippen molar-refractivity contribution in [1.82, 2.24) is 0 Å². The van der Waals surface area contributed by atoms with Crippen LogP contribution < -0.4 is 10.1 Å². The SMILES string of the molecule is COc1ccc([N+](=O)[O-])c(NC2(CO)CCOCC2)c1. The minimum absolute atomic E-state index is 0.0369. The maximum absolute atomic E-state index is 11.1. The lowest BCUT2D eigenvalue weighted by atomic mass is 9.90. The summed E-state index contributed by atoms with van der Waals surface area (Å²) >= 11 is 0. The van der Waals surface area contributed by atoms with Crippen molar-refractivity contribution in [3.63, 3.8) is 0 Å². The molecular weight excluding hydrogens is 264 g/mol. The number of hydrogen-bond acceptors (Lipinski definition) is 6. The lowest BCUT2D eigenvalue weighted by molar-refractivity contribution is -0.384. The second-order valence-corrected chi connectivity index (χ2v) is 4.82. The highest BCUT2D eigenvalue weighted by Crippen LogP contribution is 2.33. The first-order valence-corrected chi connectivity index (χ1v) is 6.39. The van der Waals surface area contributed by atoms with E-state index in [2.05, 4.69) is 5.32 Å². The van der Waals surface area contributed by atoms with Crippen LogP contribution >= 0.6 is 0 Å². The van der Waals surface area contributed by atoms with E-state index in [1.807, 2.05) is 0 Å². The van der Waals surface area contributed by atoms with Crippen LogP contribution in [0.5, 0.6) is 5.75 Å². The third kappa shape index (κ3) is 3.00. The van der Waals surface area contributed by atoms with Crippen molar-refractivity contribution in [1.29, 1.82) is 0 Å². The normalized spacial score (nSPS) is 17.5. The number of aliphatic hydroxyl groups excluding tert-OH is 1. The first-order chi connectivity index (χ1) is 9.60. The summed E-state index contributed by atoms with van der Waals surface area (Å²) in [7, 11) is 1.50. The third-order valence-electron chi connectivity index (χ3n) is 3.55. The van der Waals surface area contributed by atoms with Gasteiger partial charge in [-0.15, -0.1) is 0 Å². The van der Waals surface area contributed by atoms with Crippen LogP contribution in [0.3, 0.4) is 0 Å². The van der Waals surface area contributed by atoms with Gasteiger partial charge in [0, 0.05) is 25.3 Å². The van der Waals surface area contributed by atoms with Crippen LogP contribution in [0.15, 0.2) is 18.2 Å². The van der Waals surface area contributed by atoms with E-state index in [1.54, 1.807) is 12.1 Å². The van der Waals surface area contributed by atoms with Gasteiger partial charge >= 0.3 is 0 Å². The van der Waals surface area contributed by atoms with Crippen molar-refractivity contribution >= 4 is 11.4 Å². The van der Waals surface area contributed by atoms with E-state index in [4.69, 9.17) is 9.47 Å². The predicted molar refractivity (Wildman–Crippen MR) is 73.1 cm³/mol. The van der Waals surface area contributed by atoms with E-state index in [0.717, 1.165) is 0 Å². The Labute approximate surface area is 116 Å². The number of benzene rings is 1. The summed E-state index contributed by atoms with van der Waals surface area (Å²) < 4.78 is 10.4. The number of nitrogens with zero attached hydrogens (tertiary/aromatic N) is 1. The van der Waals surface area contributed by atoms with E-state index in [0.29, 0.717) is 37.5 Å². The van der Waals surface area contributed by atoms with E-state index in [-0.39, 0.29) is 12.3 Å². The molecule has 110 valence electrons. The highest BCUT2D eigenvalue weighted by molar-refractivity contribution is 5.65. The number of nitrogens with one attached hydrogen (secondary N) is 1. The van der Waals surface area contributed by atoms with Crippen molar-refractivity contribution in [3.8, 4) is 5.75 Å². The summed E-state index contributed by atoms with van der Waals surface area (Å²) in [6.45, 7) is 0.932. The summed E-state index contributed by atoms with van der Waals surface area (Å²) in [6, 6.07) is 4.51. The van der Waals surface area contributed by atoms with Crippen LogP contribution in [0, 0.1) is 10.1 Å². The van der Waals surface area contributed by atoms with Gasteiger partial charge in [0.15, 0.2) is 0 Å². The first kappa shape index (κ1) is 14.5. The molecule has 0 aliphatic carbocycles. The van der Waals surface area contributed by atoms with Gasteiger partial charge in [0.2, 0.25) is 0 Å². The molecule has 1 aliphatic rings. The Bertz CT molecular complexity index is 486. The van der Waals surface area contributed by atoms with Crippen LogP contribution in [0.1, 0.15) is 12.8 Å². The molecule has 0 spiro atoms. The van der Waals surface area contributed by atoms with Crippen molar-refractivity contribution in [2.45, 2.75) is 18.4 Å². The number of nitro benzene ring substituents is 1. The molecule has 20 heavy (non-hydrogen) atoms. The minimum Gasteiger partial charge on any atom is -0.497 e. The largest absolute Gasteiger partial charge is 0.497 e. The maximum atomic E-state index is 11.1. The molecule has 1 aliphatic heterocycles. The summed E-state index contributed by atoms with van der Waals surface area (Å²) in [6.07, 6.45) is 1.19. The molecule has 0 radical (unpaired) electrons. The van der Waals surface area contributed by atoms with Crippen LogP contribution in [0.25, 0.3) is 0 Å². The van der Waals surface area contributed by atoms with Gasteiger partial charge in [-0.2, -0.15) is 0 Å². The second-order valence-electron chi connectivity index (χ2n) is 4.82. The number of hydrogen-bond donors (Lipinski definition) is 2. The van der Waals surface area contributed by atoms with Gasteiger partial charge in [-0.3, -0.25) is 10.1 Å². The molecule has 2 rings (SSSR count). The summed E-state index contributed by atoms with van der Waals surface area (Å²) in [5, 5.41) is 23.9. The van der Waals surface area contributed by atoms with E-state index in [1.165, 1.54) is 13.2 Å². The fourth-order valence-corrected chi connectivity index (χ4v) is 2.27. The van der Waals surface area contributed by atoms with Crippen LogP contribution in [-0.4, -0.2) is 42.5 Å². The summed E-state index contributed by atoms with van der Waals surface area (Å²) in [5.74, 6) is 0.526. The molecule has 1 aromatic carbocycles. The molecule has 1 fully saturated rings. The third-order valence-corrected chi connectivity index (χ3v) is 3.55. The zero-order valence-corrected chi connectivity index (χ0v) is 11.3. The van der Waals surface area contributed by atoms with Crippen LogP contribution in [0.2, 0.25) is 0 Å². The van der Waals surface area contributed by atoms with Gasteiger partial charge in [-0.25, -0.2) is 0 Å². The number of methoxy groups -OCH3 is 1. The highest BCUT2D eigenvalue weighted by atomic mass is 16.6. The predicted octanol–water partition coefficient (Wildman–Crippen LogP) is 1.56. The van der Waals surface area contributed by atoms with Crippen molar-refractivity contribution in [3.05, 3.63) is 28.3 Å². The van der Waals surface area contributed by atoms with Gasteiger partial charge in [0.05, 0.1) is 24.2 Å². The van der Waals surface area contributed by atoms with Gasteiger partial charge in [0.1, 0.15) is 11.4 Å². The summed E-state index contributed by atoms with van der Waals surface area (Å²) in [5.41, 5.74) is -0.273. The zero-order chi connectivity index (χ0) is 14.6. The molecule has 0 bridgehead atoms. The van der Waals surface area contributed by atoms with Crippen molar-refractivity contribution in [2.24, 2.45) is 0 Å². The van der Waals surface area contributed by atoms with E-state index < -0.39 is 10.5 Å². The Balaban J connectivity index is 2.32. The number of aliphatic hydroxyl groups is 1. The van der Waals surface area contributed by atoms with Crippen LogP contribution in [-0.2, 0) is 4.74 Å². The molecule has 7 heteroatoms. The fraction of sp³-hybridized carbons (Fsp3) is 0.538. The molecule has 0 atom stereocenters. The Morgan fingerprint density at radius 2 is 2.20 bits per heavy atom. The molecule has 7 nitrogen and oxygen atoms in total. The maximum Gasteiger partial charge on any atom is 0.292 e. The van der Waals surface area contributed by atoms with E-state index in [9.17, 15) is 15.2 Å². The Morgan fingerprint density at radius 1 is 1.50 bits per heavy atom. The lowest BCUT2D eigenvalue weighted by Crippen LogP contribution is -2.47. The average Bonchev–Trinajstić information content (AvgIpc) is 2.47. The average molecular weight is 282 g/mol. The first-order valence-electron chi connectivity index (χ1n) is 6.39. The Morgan fingerprint density at radius 3 is 2.75 bits per heavy atom. The molecule has 0 aromatic heterocycles. The fourth-order valence-electron chi connectivity index (χ4n) is 2.27. The molecule has 1 saturated heterocycles. The molecule has 0 amide bonds. The number of nitro groups is 1. The van der Waals surface area contributed by atoms with Crippen molar-refractivity contribution in [2.75, 3.05) is 32.2 Å². The number of ether oxygens (including phenoxy) is 2. The van der Waals surface area contributed by atoms with Gasteiger partial charge < -0.3 is 19.9 Å². The van der Waals surface area contributed by atoms with Gasteiger partial charge in [0.25, 0.3) is 5.69 Å². The zero-order valence-electron chi connectivity index (χ0n) is 11.3. The molecule has 1 aromatic rings. The topological polar surface area (TPSA) is 93.9 Å². The summed E-state index contributed by atoms with van der Waals surface area (Å²) in [4.78, 5) is 10.6. The van der Waals surface area contributed by atoms with Crippen molar-refractivity contribution < 1.29 is 19.5 Å². The Hall–Kier alpha value is -1.86. The smallest absolute Gasteiger partial charge is 0.292 e. The van der Waals surface area contributed by atoms with E-state index >= 15 is 0 Å². The Kier molecular flexibility index (Phi) is 4.41. The quantitative estimate of drug-likeness (QED) is 0.628. The molecule has 1 heterocycles. The minimum atomic E-state index is -0.588. The molecular formula is C13H18N2O5. The van der Waals surface area contributed by atoms with Crippen LogP contribution in [0.4, 0.5) is 11.4 Å². The highest BCUT2D eigenvalue weighted by Gasteiger charge is 2.33. The molecule has 2 N–H and O–H groups in total. The molecule has 0 unspecified atom stereocenters. The second kappa shape index (κ2) is 6.06. The van der Waals surface area contributed by atoms with Gasteiger partial charge in [-0.1, -0.05) is 0 Å². The molecule has 0 saturated carbocycles. The standard InChI is InChI=1S/C13H18N2O5/c1-19-10-2-3-12(15(17)18)11(8-10)14-13(9-16)4-6-20-7-5-13/h2-3,8,14,16H,4-7,9H2,1H3. The lowest BCUT2D eigenvalue weighted by Gasteiger charge is -2.37. The monoisotopic (exact) mass is 282 g/mol. The number of rotatable bonds is 5. The van der Waals surface area contributed by atoms with Gasteiger partial charge in [-0.05, 0) is 18.9 Å².